The predicted octanol–water partition coefficient (Wildman–Crippen LogP) is 3.49. The van der Waals surface area contributed by atoms with Crippen molar-refractivity contribution in [3.63, 3.8) is 0 Å². The number of rotatable bonds is 6. The van der Waals surface area contributed by atoms with Crippen LogP contribution in [0, 0.1) is 13.8 Å². The van der Waals surface area contributed by atoms with Crippen molar-refractivity contribution in [3.8, 4) is 0 Å². The molecule has 1 N–H and O–H groups in total. The van der Waals surface area contributed by atoms with Crippen molar-refractivity contribution in [2.24, 2.45) is 7.05 Å². The van der Waals surface area contributed by atoms with Crippen molar-refractivity contribution in [1.29, 1.82) is 0 Å². The Bertz CT molecular complexity index is 599. The summed E-state index contributed by atoms with van der Waals surface area (Å²) in [6.45, 7) is 9.69. The topological polar surface area (TPSA) is 29.9 Å². The molecule has 0 aliphatic heterocycles. The van der Waals surface area contributed by atoms with Crippen molar-refractivity contribution in [2.45, 2.75) is 46.6 Å². The smallest absolute Gasteiger partial charge is 0.0624 e. The first-order valence-electron chi connectivity index (χ1n) is 7.88. The van der Waals surface area contributed by atoms with Gasteiger partial charge in [-0.3, -0.25) is 4.68 Å². The molecule has 0 aliphatic carbocycles. The molecular weight excluding hydrogens is 258 g/mol. The van der Waals surface area contributed by atoms with Gasteiger partial charge in [-0.05, 0) is 49.6 Å². The van der Waals surface area contributed by atoms with Crippen LogP contribution in [0.2, 0.25) is 0 Å². The molecule has 0 fully saturated rings. The Morgan fingerprint density at radius 1 is 1.24 bits per heavy atom. The highest BCUT2D eigenvalue weighted by atomic mass is 15.3. The van der Waals surface area contributed by atoms with Crippen molar-refractivity contribution < 1.29 is 0 Å². The fourth-order valence-corrected chi connectivity index (χ4v) is 2.83. The van der Waals surface area contributed by atoms with Gasteiger partial charge >= 0.3 is 0 Å². The number of hydrogen-bond acceptors (Lipinski definition) is 2. The van der Waals surface area contributed by atoms with Gasteiger partial charge in [-0.25, -0.2) is 0 Å². The lowest BCUT2D eigenvalue weighted by Gasteiger charge is -2.21. The second-order valence-electron chi connectivity index (χ2n) is 5.71. The van der Waals surface area contributed by atoms with Gasteiger partial charge in [0.25, 0.3) is 0 Å². The molecule has 21 heavy (non-hydrogen) atoms. The molecule has 1 aromatic heterocycles. The summed E-state index contributed by atoms with van der Waals surface area (Å²) in [6.07, 6.45) is 1.96. The zero-order valence-corrected chi connectivity index (χ0v) is 13.9. The Morgan fingerprint density at radius 2 is 2.00 bits per heavy atom. The van der Waals surface area contributed by atoms with Crippen LogP contribution in [0.15, 0.2) is 24.3 Å². The molecule has 0 amide bonds. The predicted molar refractivity (Wildman–Crippen MR) is 88.6 cm³/mol. The van der Waals surface area contributed by atoms with Gasteiger partial charge < -0.3 is 5.32 Å². The molecule has 3 nitrogen and oxygen atoms in total. The van der Waals surface area contributed by atoms with E-state index in [1.165, 1.54) is 28.1 Å². The van der Waals surface area contributed by atoms with Crippen LogP contribution in [0.5, 0.6) is 0 Å². The molecule has 0 saturated heterocycles. The molecule has 114 valence electrons. The lowest BCUT2D eigenvalue weighted by molar-refractivity contribution is 0.526. The van der Waals surface area contributed by atoms with Gasteiger partial charge in [0.05, 0.1) is 5.69 Å². The number of nitrogens with one attached hydrogen (secondary N) is 1. The maximum absolute atomic E-state index is 4.56. The molecule has 0 spiro atoms. The summed E-state index contributed by atoms with van der Waals surface area (Å²) in [5.41, 5.74) is 6.61. The van der Waals surface area contributed by atoms with Gasteiger partial charge in [0, 0.05) is 25.2 Å². The van der Waals surface area contributed by atoms with E-state index in [0.29, 0.717) is 6.04 Å². The molecule has 0 aliphatic rings. The van der Waals surface area contributed by atoms with E-state index in [2.05, 4.69) is 62.4 Å². The van der Waals surface area contributed by atoms with Crippen molar-refractivity contribution in [3.05, 3.63) is 52.3 Å². The molecule has 0 bridgehead atoms. The second kappa shape index (κ2) is 6.90. The van der Waals surface area contributed by atoms with Crippen LogP contribution in [0.4, 0.5) is 0 Å². The normalized spacial score (nSPS) is 12.6. The molecule has 0 saturated carbocycles. The van der Waals surface area contributed by atoms with Gasteiger partial charge in [0.1, 0.15) is 0 Å². The minimum atomic E-state index is 0.343. The monoisotopic (exact) mass is 285 g/mol. The molecule has 1 heterocycles. The second-order valence-corrected chi connectivity index (χ2v) is 5.71. The quantitative estimate of drug-likeness (QED) is 0.880. The summed E-state index contributed by atoms with van der Waals surface area (Å²) < 4.78 is 2.02. The first-order valence-corrected chi connectivity index (χ1v) is 7.88. The molecule has 2 rings (SSSR count). The van der Waals surface area contributed by atoms with E-state index in [1.807, 2.05) is 11.7 Å². The number of nitrogens with zero attached hydrogens (tertiary/aromatic N) is 2. The average molecular weight is 285 g/mol. The summed E-state index contributed by atoms with van der Waals surface area (Å²) >= 11 is 0. The Balaban J connectivity index is 2.30. The van der Waals surface area contributed by atoms with E-state index >= 15 is 0 Å². The maximum Gasteiger partial charge on any atom is 0.0624 e. The Morgan fingerprint density at radius 3 is 2.62 bits per heavy atom. The van der Waals surface area contributed by atoms with Gasteiger partial charge in [0.2, 0.25) is 0 Å². The lowest BCUT2D eigenvalue weighted by atomic mass is 9.94. The van der Waals surface area contributed by atoms with Crippen LogP contribution in [0.3, 0.4) is 0 Å². The summed E-state index contributed by atoms with van der Waals surface area (Å²) in [5, 5.41) is 8.19. The van der Waals surface area contributed by atoms with E-state index < -0.39 is 0 Å². The highest BCUT2D eigenvalue weighted by Crippen LogP contribution is 2.24. The third-order valence-electron chi connectivity index (χ3n) is 4.28. The van der Waals surface area contributed by atoms with Crippen LogP contribution in [-0.4, -0.2) is 16.3 Å². The average Bonchev–Trinajstić information content (AvgIpc) is 2.82. The summed E-state index contributed by atoms with van der Waals surface area (Å²) in [6, 6.07) is 9.15. The van der Waals surface area contributed by atoms with E-state index in [-0.39, 0.29) is 0 Å². The van der Waals surface area contributed by atoms with Gasteiger partial charge in [-0.2, -0.15) is 5.10 Å². The van der Waals surface area contributed by atoms with Crippen LogP contribution in [-0.2, 0) is 19.9 Å². The first kappa shape index (κ1) is 15.8. The maximum atomic E-state index is 4.56. The summed E-state index contributed by atoms with van der Waals surface area (Å²) in [4.78, 5) is 0. The van der Waals surface area contributed by atoms with Crippen molar-refractivity contribution >= 4 is 0 Å². The zero-order chi connectivity index (χ0) is 15.4. The molecule has 0 radical (unpaired) electrons. The highest BCUT2D eigenvalue weighted by Gasteiger charge is 2.16. The number of likely N-dealkylation sites (N-methyl/N-ethyl adjacent to an activating group) is 1. The van der Waals surface area contributed by atoms with E-state index in [1.54, 1.807) is 0 Å². The third kappa shape index (κ3) is 3.53. The number of hydrogen-bond donors (Lipinski definition) is 1. The summed E-state index contributed by atoms with van der Waals surface area (Å²) in [7, 11) is 2.04. The van der Waals surface area contributed by atoms with Crippen LogP contribution < -0.4 is 5.32 Å². The zero-order valence-electron chi connectivity index (χ0n) is 13.9. The molecular formula is C18H27N3. The van der Waals surface area contributed by atoms with Crippen LogP contribution in [0.25, 0.3) is 0 Å². The Hall–Kier alpha value is -1.61. The Labute approximate surface area is 128 Å². The molecule has 2 aromatic rings. The molecule has 1 atom stereocenters. The van der Waals surface area contributed by atoms with Crippen molar-refractivity contribution in [1.82, 2.24) is 15.1 Å². The first-order chi connectivity index (χ1) is 10.1. The van der Waals surface area contributed by atoms with Crippen molar-refractivity contribution in [2.75, 3.05) is 6.54 Å². The van der Waals surface area contributed by atoms with Gasteiger partial charge in [0.15, 0.2) is 0 Å². The number of benzene rings is 1. The fourth-order valence-electron chi connectivity index (χ4n) is 2.83. The van der Waals surface area contributed by atoms with E-state index in [9.17, 15) is 0 Å². The minimum Gasteiger partial charge on any atom is -0.310 e. The fraction of sp³-hybridized carbons (Fsp3) is 0.500. The standard InChI is InChI=1S/C18H27N3/c1-6-15-11-16(21(5)20-15)12-18(19-7-2)17-10-8-9-13(3)14(17)4/h8-11,18-19H,6-7,12H2,1-5H3. The minimum absolute atomic E-state index is 0.343. The number of aromatic nitrogens is 2. The highest BCUT2D eigenvalue weighted by molar-refractivity contribution is 5.36. The van der Waals surface area contributed by atoms with Gasteiger partial charge in [-0.15, -0.1) is 0 Å². The van der Waals surface area contributed by atoms with E-state index in [0.717, 1.165) is 19.4 Å². The molecule has 1 unspecified atom stereocenters. The molecule has 1 aromatic carbocycles. The van der Waals surface area contributed by atoms with Crippen LogP contribution in [0.1, 0.15) is 48.0 Å². The third-order valence-corrected chi connectivity index (χ3v) is 4.28. The Kier molecular flexibility index (Phi) is 5.18. The lowest BCUT2D eigenvalue weighted by Crippen LogP contribution is -2.24. The summed E-state index contributed by atoms with van der Waals surface area (Å²) in [5.74, 6) is 0. The largest absolute Gasteiger partial charge is 0.310 e. The van der Waals surface area contributed by atoms with E-state index in [4.69, 9.17) is 0 Å². The number of aryl methyl sites for hydroxylation is 3. The van der Waals surface area contributed by atoms with Crippen LogP contribution >= 0.6 is 0 Å². The molecule has 3 heteroatoms. The SMILES string of the molecule is CCNC(Cc1cc(CC)nn1C)c1cccc(C)c1C. The van der Waals surface area contributed by atoms with Gasteiger partial charge in [-0.1, -0.05) is 32.0 Å².